The Bertz CT molecular complexity index is 178. The number of rotatable bonds is 1. The number of nitrogens with one attached hydrogen (secondary N) is 1. The number of hydrogen-bond donors (Lipinski definition) is 1. The van der Waals surface area contributed by atoms with Crippen LogP contribution in [0.25, 0.3) is 0 Å². The summed E-state index contributed by atoms with van der Waals surface area (Å²) in [6.45, 7) is 6.58. The van der Waals surface area contributed by atoms with Gasteiger partial charge in [0.1, 0.15) is 0 Å². The van der Waals surface area contributed by atoms with Crippen LogP contribution in [0.2, 0.25) is 0 Å². The Hall–Kier alpha value is -0.570. The molecule has 1 atom stereocenters. The van der Waals surface area contributed by atoms with Crippen molar-refractivity contribution < 1.29 is 9.53 Å². The molecular formula is C10H19NO2. The van der Waals surface area contributed by atoms with Crippen molar-refractivity contribution in [3.63, 3.8) is 0 Å². The van der Waals surface area contributed by atoms with Gasteiger partial charge in [0.15, 0.2) is 6.23 Å². The first-order chi connectivity index (χ1) is 6.00. The molecule has 1 unspecified atom stereocenters. The van der Waals surface area contributed by atoms with Crippen molar-refractivity contribution >= 4 is 5.97 Å². The average Bonchev–Trinajstić information content (AvgIpc) is 2.04. The lowest BCUT2D eigenvalue weighted by atomic mass is 9.97. The SMILES string of the molecule is CC(C)(C)C(=O)OC1CCCCN1. The van der Waals surface area contributed by atoms with E-state index in [4.69, 9.17) is 4.74 Å². The van der Waals surface area contributed by atoms with Gasteiger partial charge in [0.2, 0.25) is 0 Å². The van der Waals surface area contributed by atoms with Crippen LogP contribution in [-0.2, 0) is 9.53 Å². The monoisotopic (exact) mass is 185 g/mol. The van der Waals surface area contributed by atoms with E-state index in [1.807, 2.05) is 20.8 Å². The largest absolute Gasteiger partial charge is 0.446 e. The van der Waals surface area contributed by atoms with Crippen molar-refractivity contribution in [1.82, 2.24) is 5.32 Å². The summed E-state index contributed by atoms with van der Waals surface area (Å²) in [5, 5.41) is 3.18. The van der Waals surface area contributed by atoms with E-state index in [1.165, 1.54) is 6.42 Å². The molecule has 1 N–H and O–H groups in total. The number of piperidine rings is 1. The van der Waals surface area contributed by atoms with E-state index >= 15 is 0 Å². The van der Waals surface area contributed by atoms with E-state index in [0.717, 1.165) is 19.4 Å². The standard InChI is InChI=1S/C10H19NO2/c1-10(2,3)9(12)13-8-6-4-5-7-11-8/h8,11H,4-7H2,1-3H3. The fourth-order valence-corrected chi connectivity index (χ4v) is 1.23. The van der Waals surface area contributed by atoms with Crippen LogP contribution in [0.5, 0.6) is 0 Å². The van der Waals surface area contributed by atoms with Crippen LogP contribution in [0.4, 0.5) is 0 Å². The van der Waals surface area contributed by atoms with E-state index in [0.29, 0.717) is 0 Å². The summed E-state index contributed by atoms with van der Waals surface area (Å²) in [6, 6.07) is 0. The van der Waals surface area contributed by atoms with Gasteiger partial charge in [-0.2, -0.15) is 0 Å². The zero-order valence-electron chi connectivity index (χ0n) is 8.72. The van der Waals surface area contributed by atoms with Gasteiger partial charge < -0.3 is 4.74 Å². The van der Waals surface area contributed by atoms with Crippen LogP contribution in [-0.4, -0.2) is 18.7 Å². The summed E-state index contributed by atoms with van der Waals surface area (Å²) < 4.78 is 5.31. The van der Waals surface area contributed by atoms with Crippen LogP contribution in [0.15, 0.2) is 0 Å². The van der Waals surface area contributed by atoms with Crippen LogP contribution in [0.3, 0.4) is 0 Å². The highest BCUT2D eigenvalue weighted by Crippen LogP contribution is 2.18. The lowest BCUT2D eigenvalue weighted by molar-refractivity contribution is -0.161. The number of hydrogen-bond acceptors (Lipinski definition) is 3. The van der Waals surface area contributed by atoms with Gasteiger partial charge in [0, 0.05) is 0 Å². The Morgan fingerprint density at radius 3 is 2.54 bits per heavy atom. The van der Waals surface area contributed by atoms with Crippen molar-refractivity contribution in [2.45, 2.75) is 46.3 Å². The normalized spacial score (nSPS) is 24.1. The third-order valence-electron chi connectivity index (χ3n) is 2.13. The number of carbonyl (C=O) groups excluding carboxylic acids is 1. The molecule has 1 saturated heterocycles. The van der Waals surface area contributed by atoms with E-state index in [-0.39, 0.29) is 17.6 Å². The molecule has 0 aliphatic carbocycles. The maximum Gasteiger partial charge on any atom is 0.312 e. The van der Waals surface area contributed by atoms with E-state index < -0.39 is 0 Å². The minimum Gasteiger partial charge on any atom is -0.446 e. The highest BCUT2D eigenvalue weighted by molar-refractivity contribution is 5.75. The molecular weight excluding hydrogens is 166 g/mol. The minimum atomic E-state index is -0.390. The van der Waals surface area contributed by atoms with E-state index in [1.54, 1.807) is 0 Å². The van der Waals surface area contributed by atoms with Crippen LogP contribution >= 0.6 is 0 Å². The second-order valence-electron chi connectivity index (χ2n) is 4.59. The number of esters is 1. The Morgan fingerprint density at radius 1 is 1.38 bits per heavy atom. The van der Waals surface area contributed by atoms with Crippen molar-refractivity contribution in [2.24, 2.45) is 5.41 Å². The van der Waals surface area contributed by atoms with Crippen LogP contribution in [0, 0.1) is 5.41 Å². The van der Waals surface area contributed by atoms with Gasteiger partial charge in [-0.1, -0.05) is 0 Å². The van der Waals surface area contributed by atoms with Gasteiger partial charge >= 0.3 is 5.97 Å². The molecule has 0 aromatic carbocycles. The van der Waals surface area contributed by atoms with Crippen LogP contribution in [0.1, 0.15) is 40.0 Å². The smallest absolute Gasteiger partial charge is 0.312 e. The molecule has 0 aromatic heterocycles. The molecule has 0 aromatic rings. The second-order valence-corrected chi connectivity index (χ2v) is 4.59. The quantitative estimate of drug-likeness (QED) is 0.632. The molecule has 1 aliphatic heterocycles. The summed E-state index contributed by atoms with van der Waals surface area (Å²) in [7, 11) is 0. The summed E-state index contributed by atoms with van der Waals surface area (Å²) >= 11 is 0. The summed E-state index contributed by atoms with van der Waals surface area (Å²) in [5.74, 6) is -0.119. The maximum atomic E-state index is 11.5. The van der Waals surface area contributed by atoms with Gasteiger partial charge in [-0.05, 0) is 46.6 Å². The zero-order chi connectivity index (χ0) is 9.90. The third kappa shape index (κ3) is 3.35. The molecule has 1 aliphatic rings. The van der Waals surface area contributed by atoms with Gasteiger partial charge in [0.05, 0.1) is 5.41 Å². The third-order valence-corrected chi connectivity index (χ3v) is 2.13. The van der Waals surface area contributed by atoms with E-state index in [2.05, 4.69) is 5.32 Å². The second kappa shape index (κ2) is 4.09. The molecule has 0 spiro atoms. The molecule has 0 radical (unpaired) electrons. The lowest BCUT2D eigenvalue weighted by Gasteiger charge is -2.26. The molecule has 1 fully saturated rings. The predicted molar refractivity (Wildman–Crippen MR) is 51.2 cm³/mol. The highest BCUT2D eigenvalue weighted by Gasteiger charge is 2.26. The van der Waals surface area contributed by atoms with Gasteiger partial charge in [-0.15, -0.1) is 0 Å². The molecule has 1 rings (SSSR count). The first-order valence-electron chi connectivity index (χ1n) is 4.94. The topological polar surface area (TPSA) is 38.3 Å². The highest BCUT2D eigenvalue weighted by atomic mass is 16.6. The van der Waals surface area contributed by atoms with Crippen LogP contribution < -0.4 is 5.32 Å². The number of carbonyl (C=O) groups is 1. The minimum absolute atomic E-state index is 0.0551. The number of ether oxygens (including phenoxy) is 1. The van der Waals surface area contributed by atoms with Gasteiger partial charge in [0.25, 0.3) is 0 Å². The van der Waals surface area contributed by atoms with Gasteiger partial charge in [-0.25, -0.2) is 0 Å². The molecule has 3 heteroatoms. The fourth-order valence-electron chi connectivity index (χ4n) is 1.23. The average molecular weight is 185 g/mol. The van der Waals surface area contributed by atoms with E-state index in [9.17, 15) is 4.79 Å². The molecule has 1 heterocycles. The summed E-state index contributed by atoms with van der Waals surface area (Å²) in [5.41, 5.74) is -0.390. The lowest BCUT2D eigenvalue weighted by Crippen LogP contribution is -2.40. The summed E-state index contributed by atoms with van der Waals surface area (Å²) in [4.78, 5) is 11.5. The molecule has 76 valence electrons. The van der Waals surface area contributed by atoms with Crippen molar-refractivity contribution in [2.75, 3.05) is 6.54 Å². The Balaban J connectivity index is 2.35. The molecule has 0 bridgehead atoms. The first-order valence-corrected chi connectivity index (χ1v) is 4.94. The Morgan fingerprint density at radius 2 is 2.08 bits per heavy atom. The van der Waals surface area contributed by atoms with Crippen molar-refractivity contribution in [3.8, 4) is 0 Å². The zero-order valence-corrected chi connectivity index (χ0v) is 8.72. The Kier molecular flexibility index (Phi) is 3.31. The predicted octanol–water partition coefficient (Wildman–Crippen LogP) is 1.68. The van der Waals surface area contributed by atoms with Crippen molar-refractivity contribution in [3.05, 3.63) is 0 Å². The van der Waals surface area contributed by atoms with Gasteiger partial charge in [-0.3, -0.25) is 10.1 Å². The molecule has 3 nitrogen and oxygen atoms in total. The maximum absolute atomic E-state index is 11.5. The first kappa shape index (κ1) is 10.5. The molecule has 0 saturated carbocycles. The molecule has 0 amide bonds. The molecule has 13 heavy (non-hydrogen) atoms. The Labute approximate surface area is 79.8 Å². The fraction of sp³-hybridized carbons (Fsp3) is 0.900. The van der Waals surface area contributed by atoms with Crippen molar-refractivity contribution in [1.29, 1.82) is 0 Å². The summed E-state index contributed by atoms with van der Waals surface area (Å²) in [6.07, 6.45) is 3.22.